The van der Waals surface area contributed by atoms with E-state index in [9.17, 15) is 4.79 Å². The molecular weight excluding hydrogens is 333 g/mol. The van der Waals surface area contributed by atoms with Crippen molar-refractivity contribution in [3.05, 3.63) is 59.4 Å². The molecule has 5 heteroatoms. The maximum Gasteiger partial charge on any atom is 0.307 e. The zero-order chi connectivity index (χ0) is 19.1. The van der Waals surface area contributed by atoms with Gasteiger partial charge >= 0.3 is 5.97 Å². The molecule has 0 aliphatic heterocycles. The van der Waals surface area contributed by atoms with Crippen LogP contribution in [0.3, 0.4) is 0 Å². The summed E-state index contributed by atoms with van der Waals surface area (Å²) in [5.74, 6) is 0.150. The van der Waals surface area contributed by atoms with Crippen molar-refractivity contribution in [2.24, 2.45) is 0 Å². The quantitative estimate of drug-likeness (QED) is 0.680. The lowest BCUT2D eigenvalue weighted by Crippen LogP contribution is -2.33. The van der Waals surface area contributed by atoms with E-state index < -0.39 is 0 Å². The molecule has 0 aliphatic rings. The van der Waals surface area contributed by atoms with Crippen LogP contribution in [0.1, 0.15) is 43.9 Å². The molecule has 2 aromatic carbocycles. The van der Waals surface area contributed by atoms with E-state index in [1.54, 1.807) is 18.2 Å². The van der Waals surface area contributed by atoms with Crippen LogP contribution in [0.4, 0.5) is 4.39 Å². The maximum absolute atomic E-state index is 15.2. The molecule has 0 radical (unpaired) electrons. The molecule has 0 aromatic heterocycles. The number of ether oxygens (including phenoxy) is 2. The van der Waals surface area contributed by atoms with Gasteiger partial charge in [0.15, 0.2) is 11.6 Å². The van der Waals surface area contributed by atoms with Crippen LogP contribution >= 0.6 is 0 Å². The number of hydrogen-bond acceptors (Lipinski definition) is 4. The topological polar surface area (TPSA) is 47.6 Å². The Kier molecular flexibility index (Phi) is 7.16. The van der Waals surface area contributed by atoms with Gasteiger partial charge in [-0.2, -0.15) is 0 Å². The largest absolute Gasteiger partial charge is 0.469 e. The van der Waals surface area contributed by atoms with Gasteiger partial charge < -0.3 is 14.8 Å². The van der Waals surface area contributed by atoms with Gasteiger partial charge in [-0.05, 0) is 38.0 Å². The van der Waals surface area contributed by atoms with Gasteiger partial charge in [-0.1, -0.05) is 37.3 Å². The molecule has 0 fully saturated rings. The van der Waals surface area contributed by atoms with Crippen molar-refractivity contribution in [2.75, 3.05) is 7.11 Å². The predicted molar refractivity (Wildman–Crippen MR) is 99.9 cm³/mol. The average Bonchev–Trinajstić information content (AvgIpc) is 2.64. The second kappa shape index (κ2) is 9.34. The number of halogens is 1. The molecular formula is C21H26FNO3. The average molecular weight is 359 g/mol. The fourth-order valence-corrected chi connectivity index (χ4v) is 2.83. The maximum atomic E-state index is 15.2. The van der Waals surface area contributed by atoms with Gasteiger partial charge in [0.05, 0.1) is 13.5 Å². The smallest absolute Gasteiger partial charge is 0.307 e. The van der Waals surface area contributed by atoms with Crippen LogP contribution in [0.25, 0.3) is 0 Å². The van der Waals surface area contributed by atoms with E-state index in [1.807, 2.05) is 45.0 Å². The van der Waals surface area contributed by atoms with Gasteiger partial charge in [0.1, 0.15) is 5.75 Å². The Morgan fingerprint density at radius 2 is 1.88 bits per heavy atom. The molecule has 140 valence electrons. The highest BCUT2D eigenvalue weighted by molar-refractivity contribution is 5.69. The van der Waals surface area contributed by atoms with Crippen molar-refractivity contribution in [1.29, 1.82) is 0 Å². The van der Waals surface area contributed by atoms with Crippen LogP contribution in [-0.2, 0) is 9.53 Å². The standard InChI is InChI=1S/C21H26FNO3/c1-5-18(23-15(3)13-19(24)25-4)17-12-11-14(2)21(20(17)22)26-16-9-7-6-8-10-16/h6-12,15,18,23H,5,13H2,1-4H3/t15-,18+/m0/s1. The Balaban J connectivity index is 2.24. The third-order valence-electron chi connectivity index (χ3n) is 4.26. The minimum Gasteiger partial charge on any atom is -0.469 e. The van der Waals surface area contributed by atoms with E-state index in [-0.39, 0.29) is 36.0 Å². The minimum atomic E-state index is -0.376. The Morgan fingerprint density at radius 3 is 2.50 bits per heavy atom. The number of rotatable bonds is 8. The first-order valence-corrected chi connectivity index (χ1v) is 8.81. The van der Waals surface area contributed by atoms with Crippen LogP contribution in [0.2, 0.25) is 0 Å². The van der Waals surface area contributed by atoms with Crippen molar-refractivity contribution < 1.29 is 18.7 Å². The van der Waals surface area contributed by atoms with E-state index in [0.29, 0.717) is 17.7 Å². The van der Waals surface area contributed by atoms with Gasteiger partial charge in [0, 0.05) is 17.6 Å². The number of hydrogen-bond donors (Lipinski definition) is 1. The fraction of sp³-hybridized carbons (Fsp3) is 0.381. The van der Waals surface area contributed by atoms with E-state index in [2.05, 4.69) is 5.32 Å². The molecule has 2 aromatic rings. The van der Waals surface area contributed by atoms with Gasteiger partial charge in [0.2, 0.25) is 0 Å². The molecule has 2 rings (SSSR count). The first-order chi connectivity index (χ1) is 12.5. The van der Waals surface area contributed by atoms with Crippen molar-refractivity contribution in [2.45, 2.75) is 45.7 Å². The summed E-state index contributed by atoms with van der Waals surface area (Å²) in [7, 11) is 1.36. The first-order valence-electron chi connectivity index (χ1n) is 8.81. The summed E-state index contributed by atoms with van der Waals surface area (Å²) >= 11 is 0. The molecule has 4 nitrogen and oxygen atoms in total. The zero-order valence-electron chi connectivity index (χ0n) is 15.7. The van der Waals surface area contributed by atoms with Gasteiger partial charge in [-0.15, -0.1) is 0 Å². The van der Waals surface area contributed by atoms with Crippen LogP contribution in [0.5, 0.6) is 11.5 Å². The number of benzene rings is 2. The number of nitrogens with one attached hydrogen (secondary N) is 1. The van der Waals surface area contributed by atoms with Gasteiger partial charge in [-0.3, -0.25) is 4.79 Å². The van der Waals surface area contributed by atoms with Crippen molar-refractivity contribution >= 4 is 5.97 Å². The number of carbonyl (C=O) groups excluding carboxylic acids is 1. The molecule has 0 amide bonds. The van der Waals surface area contributed by atoms with Gasteiger partial charge in [0.25, 0.3) is 0 Å². The molecule has 0 saturated carbocycles. The molecule has 1 N–H and O–H groups in total. The third kappa shape index (κ3) is 5.05. The third-order valence-corrected chi connectivity index (χ3v) is 4.26. The predicted octanol–water partition coefficient (Wildman–Crippen LogP) is 4.92. The summed E-state index contributed by atoms with van der Waals surface area (Å²) in [6, 6.07) is 12.4. The summed E-state index contributed by atoms with van der Waals surface area (Å²) in [5, 5.41) is 3.30. The highest BCUT2D eigenvalue weighted by Gasteiger charge is 2.22. The summed E-state index contributed by atoms with van der Waals surface area (Å²) in [6.07, 6.45) is 0.907. The molecule has 0 heterocycles. The lowest BCUT2D eigenvalue weighted by molar-refractivity contribution is -0.141. The van der Waals surface area contributed by atoms with Crippen molar-refractivity contribution in [3.63, 3.8) is 0 Å². The van der Waals surface area contributed by atoms with Crippen LogP contribution in [-0.4, -0.2) is 19.1 Å². The van der Waals surface area contributed by atoms with E-state index in [1.165, 1.54) is 7.11 Å². The van der Waals surface area contributed by atoms with Crippen LogP contribution in [0.15, 0.2) is 42.5 Å². The van der Waals surface area contributed by atoms with Gasteiger partial charge in [-0.25, -0.2) is 4.39 Å². The second-order valence-corrected chi connectivity index (χ2v) is 6.34. The Labute approximate surface area is 154 Å². The molecule has 0 aliphatic carbocycles. The van der Waals surface area contributed by atoms with Crippen molar-refractivity contribution in [1.82, 2.24) is 5.32 Å². The lowest BCUT2D eigenvalue weighted by atomic mass is 10.00. The van der Waals surface area contributed by atoms with E-state index in [0.717, 1.165) is 5.56 Å². The minimum absolute atomic E-state index is 0.133. The highest BCUT2D eigenvalue weighted by Crippen LogP contribution is 2.33. The normalized spacial score (nSPS) is 13.1. The molecule has 0 bridgehead atoms. The Morgan fingerprint density at radius 1 is 1.19 bits per heavy atom. The number of aryl methyl sites for hydroxylation is 1. The zero-order valence-corrected chi connectivity index (χ0v) is 15.7. The number of methoxy groups -OCH3 is 1. The summed E-state index contributed by atoms with van der Waals surface area (Å²) < 4.78 is 25.7. The second-order valence-electron chi connectivity index (χ2n) is 6.34. The Hall–Kier alpha value is -2.40. The molecule has 26 heavy (non-hydrogen) atoms. The molecule has 0 saturated heterocycles. The lowest BCUT2D eigenvalue weighted by Gasteiger charge is -2.24. The molecule has 0 unspecified atom stereocenters. The first kappa shape index (κ1) is 19.9. The SMILES string of the molecule is CC[C@@H](N[C@@H](C)CC(=O)OC)c1ccc(C)c(Oc2ccccc2)c1F. The monoisotopic (exact) mass is 359 g/mol. The van der Waals surface area contributed by atoms with E-state index >= 15 is 4.39 Å². The summed E-state index contributed by atoms with van der Waals surface area (Å²) in [6.45, 7) is 5.67. The number of carbonyl (C=O) groups is 1. The van der Waals surface area contributed by atoms with E-state index in [4.69, 9.17) is 9.47 Å². The fourth-order valence-electron chi connectivity index (χ4n) is 2.83. The summed E-state index contributed by atoms with van der Waals surface area (Å²) in [4.78, 5) is 11.4. The van der Waals surface area contributed by atoms with Crippen LogP contribution in [0, 0.1) is 12.7 Å². The Bertz CT molecular complexity index is 734. The van der Waals surface area contributed by atoms with Crippen molar-refractivity contribution in [3.8, 4) is 11.5 Å². The summed E-state index contributed by atoms with van der Waals surface area (Å²) in [5.41, 5.74) is 1.26. The highest BCUT2D eigenvalue weighted by atomic mass is 19.1. The number of esters is 1. The number of para-hydroxylation sites is 1. The molecule has 2 atom stereocenters. The molecule has 0 spiro atoms. The van der Waals surface area contributed by atoms with Crippen LogP contribution < -0.4 is 10.1 Å².